The van der Waals surface area contributed by atoms with Crippen molar-refractivity contribution in [3.63, 3.8) is 0 Å². The first-order valence-corrected chi connectivity index (χ1v) is 11.6. The van der Waals surface area contributed by atoms with Gasteiger partial charge in [0, 0.05) is 50.5 Å². The van der Waals surface area contributed by atoms with E-state index < -0.39 is 0 Å². The standard InChI is InChI=1S/C23H25ClN6OS/c24-17-6-7-20(26-16-17)29-9-3-5-19(29)22-21(18-4-1-2-8-25-18)27-23(32)30(22)11-10-28-12-14-31-15-13-28/h1-9,16,21-22H,10-15H2,(H,27,32)/t21-,22-/m0/s1. The molecule has 0 radical (unpaired) electrons. The minimum Gasteiger partial charge on any atom is -0.379 e. The van der Waals surface area contributed by atoms with Crippen LogP contribution in [0.25, 0.3) is 5.82 Å². The van der Waals surface area contributed by atoms with E-state index in [9.17, 15) is 0 Å². The fourth-order valence-electron chi connectivity index (χ4n) is 4.40. The van der Waals surface area contributed by atoms with Crippen LogP contribution in [0.4, 0.5) is 0 Å². The van der Waals surface area contributed by atoms with Gasteiger partial charge in [0.25, 0.3) is 0 Å². The third-order valence-corrected chi connectivity index (χ3v) is 6.58. The number of halogens is 1. The summed E-state index contributed by atoms with van der Waals surface area (Å²) in [7, 11) is 0. The average Bonchev–Trinajstić information content (AvgIpc) is 3.43. The first kappa shape index (κ1) is 21.3. The van der Waals surface area contributed by atoms with Gasteiger partial charge in [-0.15, -0.1) is 0 Å². The zero-order chi connectivity index (χ0) is 21.9. The molecule has 3 aromatic rings. The largest absolute Gasteiger partial charge is 0.379 e. The molecule has 2 aliphatic rings. The van der Waals surface area contributed by atoms with Gasteiger partial charge in [0.05, 0.1) is 36.0 Å². The summed E-state index contributed by atoms with van der Waals surface area (Å²) in [5.74, 6) is 0.820. The fourth-order valence-corrected chi connectivity index (χ4v) is 4.84. The molecule has 0 aromatic carbocycles. The highest BCUT2D eigenvalue weighted by molar-refractivity contribution is 7.80. The SMILES string of the molecule is S=C1N[C@@H](c2ccccn2)[C@H](c2cccn2-c2ccc(Cl)cn2)N1CCN1CCOCC1. The maximum absolute atomic E-state index is 6.07. The Morgan fingerprint density at radius 2 is 1.94 bits per heavy atom. The van der Waals surface area contributed by atoms with Crippen LogP contribution in [0.2, 0.25) is 5.02 Å². The summed E-state index contributed by atoms with van der Waals surface area (Å²) in [5, 5.41) is 4.89. The van der Waals surface area contributed by atoms with Crippen molar-refractivity contribution < 1.29 is 4.74 Å². The van der Waals surface area contributed by atoms with Crippen LogP contribution < -0.4 is 5.32 Å². The highest BCUT2D eigenvalue weighted by Crippen LogP contribution is 2.39. The Labute approximate surface area is 198 Å². The number of thiocarbonyl (C=S) groups is 1. The van der Waals surface area contributed by atoms with E-state index in [1.807, 2.05) is 48.8 Å². The lowest BCUT2D eigenvalue weighted by molar-refractivity contribution is 0.0349. The lowest BCUT2D eigenvalue weighted by Gasteiger charge is -2.32. The molecule has 3 aromatic heterocycles. The van der Waals surface area contributed by atoms with Crippen molar-refractivity contribution >= 4 is 28.9 Å². The summed E-state index contributed by atoms with van der Waals surface area (Å²) in [6, 6.07) is 13.9. The van der Waals surface area contributed by atoms with Crippen molar-refractivity contribution in [3.05, 3.63) is 77.5 Å². The van der Waals surface area contributed by atoms with E-state index in [1.165, 1.54) is 0 Å². The second-order valence-electron chi connectivity index (χ2n) is 7.91. The molecule has 7 nitrogen and oxygen atoms in total. The number of nitrogens with zero attached hydrogens (tertiary/aromatic N) is 5. The molecule has 0 amide bonds. The third-order valence-electron chi connectivity index (χ3n) is 6.00. The van der Waals surface area contributed by atoms with E-state index in [2.05, 4.69) is 35.7 Å². The first-order valence-electron chi connectivity index (χ1n) is 10.8. The normalized spacial score (nSPS) is 21.7. The Morgan fingerprint density at radius 3 is 2.69 bits per heavy atom. The second-order valence-corrected chi connectivity index (χ2v) is 8.73. The monoisotopic (exact) mass is 468 g/mol. The van der Waals surface area contributed by atoms with Gasteiger partial charge in [-0.2, -0.15) is 0 Å². The maximum Gasteiger partial charge on any atom is 0.170 e. The Hall–Kier alpha value is -2.52. The van der Waals surface area contributed by atoms with Crippen LogP contribution in [0, 0.1) is 0 Å². The lowest BCUT2D eigenvalue weighted by Crippen LogP contribution is -2.42. The highest BCUT2D eigenvalue weighted by atomic mass is 35.5. The van der Waals surface area contributed by atoms with E-state index in [1.54, 1.807) is 6.20 Å². The molecule has 5 rings (SSSR count). The van der Waals surface area contributed by atoms with E-state index >= 15 is 0 Å². The van der Waals surface area contributed by atoms with Crippen LogP contribution in [0.15, 0.2) is 61.1 Å². The number of rotatable bonds is 6. The van der Waals surface area contributed by atoms with Crippen LogP contribution in [0.5, 0.6) is 0 Å². The Morgan fingerprint density at radius 1 is 1.06 bits per heavy atom. The molecule has 0 spiro atoms. The number of hydrogen-bond acceptors (Lipinski definition) is 5. The summed E-state index contributed by atoms with van der Waals surface area (Å²) >= 11 is 11.9. The van der Waals surface area contributed by atoms with Crippen molar-refractivity contribution in [1.82, 2.24) is 29.7 Å². The molecular formula is C23H25ClN6OS. The Balaban J connectivity index is 1.49. The number of aromatic nitrogens is 3. The molecule has 166 valence electrons. The van der Waals surface area contributed by atoms with Gasteiger partial charge in [-0.05, 0) is 48.6 Å². The molecule has 32 heavy (non-hydrogen) atoms. The van der Waals surface area contributed by atoms with Gasteiger partial charge in [-0.25, -0.2) is 4.98 Å². The molecule has 0 unspecified atom stereocenters. The predicted molar refractivity (Wildman–Crippen MR) is 128 cm³/mol. The molecule has 2 saturated heterocycles. The Bertz CT molecular complexity index is 1050. The number of hydrogen-bond donors (Lipinski definition) is 1. The summed E-state index contributed by atoms with van der Waals surface area (Å²) in [6.45, 7) is 5.22. The first-order chi connectivity index (χ1) is 15.7. The zero-order valence-electron chi connectivity index (χ0n) is 17.6. The van der Waals surface area contributed by atoms with Gasteiger partial charge in [-0.1, -0.05) is 17.7 Å². The molecule has 0 saturated carbocycles. The smallest absolute Gasteiger partial charge is 0.170 e. The fraction of sp³-hybridized carbons (Fsp3) is 0.348. The number of nitrogens with one attached hydrogen (secondary N) is 1. The van der Waals surface area contributed by atoms with E-state index in [4.69, 9.17) is 28.6 Å². The van der Waals surface area contributed by atoms with E-state index in [0.29, 0.717) is 5.02 Å². The lowest BCUT2D eigenvalue weighted by atomic mass is 10.0. The second kappa shape index (κ2) is 9.54. The van der Waals surface area contributed by atoms with E-state index in [0.717, 1.165) is 61.7 Å². The van der Waals surface area contributed by atoms with Crippen LogP contribution in [0.3, 0.4) is 0 Å². The Kier molecular flexibility index (Phi) is 6.36. The van der Waals surface area contributed by atoms with Gasteiger partial charge in [0.1, 0.15) is 5.82 Å². The van der Waals surface area contributed by atoms with Crippen molar-refractivity contribution in [2.75, 3.05) is 39.4 Å². The number of pyridine rings is 2. The van der Waals surface area contributed by atoms with Crippen molar-refractivity contribution in [2.45, 2.75) is 12.1 Å². The van der Waals surface area contributed by atoms with Crippen molar-refractivity contribution in [1.29, 1.82) is 0 Å². The predicted octanol–water partition coefficient (Wildman–Crippen LogP) is 3.23. The van der Waals surface area contributed by atoms with Crippen LogP contribution in [-0.2, 0) is 4.74 Å². The topological polar surface area (TPSA) is 58.5 Å². The minimum atomic E-state index is -0.0608. The molecule has 2 aliphatic heterocycles. The number of morpholine rings is 1. The van der Waals surface area contributed by atoms with Crippen molar-refractivity contribution in [3.8, 4) is 5.82 Å². The summed E-state index contributed by atoms with van der Waals surface area (Å²) < 4.78 is 7.60. The van der Waals surface area contributed by atoms with Gasteiger partial charge in [0.2, 0.25) is 0 Å². The number of ether oxygens (including phenoxy) is 1. The minimum absolute atomic E-state index is 0.0223. The molecule has 2 atom stereocenters. The highest BCUT2D eigenvalue weighted by Gasteiger charge is 2.41. The summed E-state index contributed by atoms with van der Waals surface area (Å²) in [4.78, 5) is 13.9. The molecular weight excluding hydrogens is 444 g/mol. The van der Waals surface area contributed by atoms with Crippen molar-refractivity contribution in [2.24, 2.45) is 0 Å². The van der Waals surface area contributed by atoms with Gasteiger partial charge in [0.15, 0.2) is 5.11 Å². The zero-order valence-corrected chi connectivity index (χ0v) is 19.2. The molecule has 2 fully saturated rings. The average molecular weight is 469 g/mol. The molecule has 0 aliphatic carbocycles. The van der Waals surface area contributed by atoms with Crippen LogP contribution in [0.1, 0.15) is 23.5 Å². The molecule has 5 heterocycles. The van der Waals surface area contributed by atoms with Gasteiger partial charge >= 0.3 is 0 Å². The summed E-state index contributed by atoms with van der Waals surface area (Å²) in [6.07, 6.45) is 5.53. The molecule has 0 bridgehead atoms. The summed E-state index contributed by atoms with van der Waals surface area (Å²) in [5.41, 5.74) is 2.07. The quantitative estimate of drug-likeness (QED) is 0.557. The maximum atomic E-state index is 6.07. The molecule has 9 heteroatoms. The molecule has 1 N–H and O–H groups in total. The van der Waals surface area contributed by atoms with Gasteiger partial charge < -0.3 is 19.5 Å². The van der Waals surface area contributed by atoms with Crippen LogP contribution >= 0.6 is 23.8 Å². The van der Waals surface area contributed by atoms with Gasteiger partial charge in [-0.3, -0.25) is 9.88 Å². The van der Waals surface area contributed by atoms with E-state index in [-0.39, 0.29) is 12.1 Å². The third kappa shape index (κ3) is 4.36. The van der Waals surface area contributed by atoms with Crippen LogP contribution in [-0.4, -0.2) is 68.8 Å².